The number of benzene rings is 1. The van der Waals surface area contributed by atoms with Crippen molar-refractivity contribution in [2.45, 2.75) is 38.3 Å². The largest absolute Gasteiger partial charge is 0.352 e. The predicted molar refractivity (Wildman–Crippen MR) is 81.5 cm³/mol. The molecule has 0 bridgehead atoms. The molecule has 0 saturated carbocycles. The number of hydrogen-bond donors (Lipinski definition) is 2. The van der Waals surface area contributed by atoms with Gasteiger partial charge in [-0.1, -0.05) is 30.3 Å². The summed E-state index contributed by atoms with van der Waals surface area (Å²) in [5, 5.41) is 2.88. The molecule has 5 heteroatoms. The highest BCUT2D eigenvalue weighted by atomic mass is 16.2. The van der Waals surface area contributed by atoms with E-state index in [1.54, 1.807) is 4.90 Å². The van der Waals surface area contributed by atoms with E-state index in [1.165, 1.54) is 6.92 Å². The Labute approximate surface area is 125 Å². The number of nitrogens with one attached hydrogen (secondary N) is 1. The van der Waals surface area contributed by atoms with Crippen LogP contribution in [0, 0.1) is 0 Å². The molecule has 1 aliphatic rings. The molecule has 1 aliphatic heterocycles. The zero-order chi connectivity index (χ0) is 15.2. The van der Waals surface area contributed by atoms with E-state index in [1.807, 2.05) is 30.3 Å². The molecule has 0 spiro atoms. The third kappa shape index (κ3) is 4.56. The fourth-order valence-electron chi connectivity index (χ4n) is 2.77. The SMILES string of the molecule is CC(=O)N[C@H]1CCCN(C(=O)[C@H](N)Cc2ccccc2)C1. The van der Waals surface area contributed by atoms with Crippen LogP contribution in [-0.4, -0.2) is 41.9 Å². The number of rotatable bonds is 4. The van der Waals surface area contributed by atoms with Gasteiger partial charge >= 0.3 is 0 Å². The number of carbonyl (C=O) groups excluding carboxylic acids is 2. The summed E-state index contributed by atoms with van der Waals surface area (Å²) in [6.07, 6.45) is 2.35. The van der Waals surface area contributed by atoms with Crippen molar-refractivity contribution < 1.29 is 9.59 Å². The lowest BCUT2D eigenvalue weighted by Crippen LogP contribution is -2.53. The minimum absolute atomic E-state index is 0.0334. The highest BCUT2D eigenvalue weighted by Gasteiger charge is 2.27. The highest BCUT2D eigenvalue weighted by Crippen LogP contribution is 2.12. The molecule has 1 heterocycles. The maximum absolute atomic E-state index is 12.4. The van der Waals surface area contributed by atoms with E-state index in [-0.39, 0.29) is 17.9 Å². The van der Waals surface area contributed by atoms with Gasteiger partial charge in [0.05, 0.1) is 6.04 Å². The van der Waals surface area contributed by atoms with E-state index in [2.05, 4.69) is 5.32 Å². The average Bonchev–Trinajstić information content (AvgIpc) is 2.47. The first kappa shape index (κ1) is 15.5. The summed E-state index contributed by atoms with van der Waals surface area (Å²) >= 11 is 0. The minimum Gasteiger partial charge on any atom is -0.352 e. The Hall–Kier alpha value is -1.88. The summed E-state index contributed by atoms with van der Waals surface area (Å²) in [6.45, 7) is 2.78. The van der Waals surface area contributed by atoms with Gasteiger partial charge in [-0.15, -0.1) is 0 Å². The second kappa shape index (κ2) is 7.22. The van der Waals surface area contributed by atoms with Crippen molar-refractivity contribution in [1.82, 2.24) is 10.2 Å². The van der Waals surface area contributed by atoms with Gasteiger partial charge in [0.15, 0.2) is 0 Å². The van der Waals surface area contributed by atoms with E-state index in [0.29, 0.717) is 13.0 Å². The topological polar surface area (TPSA) is 75.4 Å². The van der Waals surface area contributed by atoms with Crippen LogP contribution in [0.2, 0.25) is 0 Å². The van der Waals surface area contributed by atoms with Crippen LogP contribution in [-0.2, 0) is 16.0 Å². The van der Waals surface area contributed by atoms with E-state index in [0.717, 1.165) is 24.9 Å². The minimum atomic E-state index is -0.525. The van der Waals surface area contributed by atoms with Crippen LogP contribution in [0.5, 0.6) is 0 Å². The molecular formula is C16H23N3O2. The summed E-state index contributed by atoms with van der Waals surface area (Å²) in [6, 6.07) is 9.31. The van der Waals surface area contributed by atoms with Crippen molar-refractivity contribution in [2.75, 3.05) is 13.1 Å². The fourth-order valence-corrected chi connectivity index (χ4v) is 2.77. The number of nitrogens with two attached hydrogens (primary N) is 1. The van der Waals surface area contributed by atoms with Crippen LogP contribution in [0.4, 0.5) is 0 Å². The number of amides is 2. The van der Waals surface area contributed by atoms with Crippen LogP contribution in [0.15, 0.2) is 30.3 Å². The average molecular weight is 289 g/mol. The highest BCUT2D eigenvalue weighted by molar-refractivity contribution is 5.82. The Morgan fingerprint density at radius 1 is 1.38 bits per heavy atom. The van der Waals surface area contributed by atoms with Crippen molar-refractivity contribution in [3.8, 4) is 0 Å². The van der Waals surface area contributed by atoms with Gasteiger partial charge in [0.1, 0.15) is 0 Å². The van der Waals surface area contributed by atoms with Gasteiger partial charge in [-0.3, -0.25) is 9.59 Å². The monoisotopic (exact) mass is 289 g/mol. The maximum atomic E-state index is 12.4. The second-order valence-electron chi connectivity index (χ2n) is 5.62. The van der Waals surface area contributed by atoms with Gasteiger partial charge in [-0.05, 0) is 24.8 Å². The molecule has 1 aromatic carbocycles. The lowest BCUT2D eigenvalue weighted by molar-refractivity contribution is -0.134. The van der Waals surface area contributed by atoms with Gasteiger partial charge < -0.3 is 16.0 Å². The van der Waals surface area contributed by atoms with E-state index in [9.17, 15) is 9.59 Å². The van der Waals surface area contributed by atoms with Crippen LogP contribution in [0.1, 0.15) is 25.3 Å². The van der Waals surface area contributed by atoms with Gasteiger partial charge in [-0.2, -0.15) is 0 Å². The first-order valence-electron chi connectivity index (χ1n) is 7.41. The standard InChI is InChI=1S/C16H23N3O2/c1-12(20)18-14-8-5-9-19(11-14)16(21)15(17)10-13-6-3-2-4-7-13/h2-4,6-7,14-15H,5,8-11,17H2,1H3,(H,18,20)/t14-,15+/m0/s1. The molecule has 0 unspecified atom stereocenters. The number of likely N-dealkylation sites (tertiary alicyclic amines) is 1. The fraction of sp³-hybridized carbons (Fsp3) is 0.500. The Kier molecular flexibility index (Phi) is 5.33. The summed E-state index contributed by atoms with van der Waals surface area (Å²) in [4.78, 5) is 25.3. The molecular weight excluding hydrogens is 266 g/mol. The normalized spacial score (nSPS) is 19.9. The Bertz CT molecular complexity index is 490. The number of nitrogens with zero attached hydrogens (tertiary/aromatic N) is 1. The number of carbonyl (C=O) groups is 2. The first-order valence-corrected chi connectivity index (χ1v) is 7.41. The second-order valence-corrected chi connectivity index (χ2v) is 5.62. The van der Waals surface area contributed by atoms with E-state index >= 15 is 0 Å². The van der Waals surface area contributed by atoms with Crippen molar-refractivity contribution in [3.05, 3.63) is 35.9 Å². The molecule has 0 radical (unpaired) electrons. The zero-order valence-electron chi connectivity index (χ0n) is 12.4. The summed E-state index contributed by atoms with van der Waals surface area (Å²) < 4.78 is 0. The number of piperidine rings is 1. The molecule has 3 N–H and O–H groups in total. The molecule has 0 aliphatic carbocycles. The molecule has 2 atom stereocenters. The maximum Gasteiger partial charge on any atom is 0.239 e. The molecule has 1 fully saturated rings. The molecule has 2 rings (SSSR count). The third-order valence-corrected chi connectivity index (χ3v) is 3.76. The van der Waals surface area contributed by atoms with E-state index < -0.39 is 6.04 Å². The van der Waals surface area contributed by atoms with Crippen LogP contribution in [0.25, 0.3) is 0 Å². The lowest BCUT2D eigenvalue weighted by atomic mass is 10.0. The van der Waals surface area contributed by atoms with Crippen LogP contribution >= 0.6 is 0 Å². The quantitative estimate of drug-likeness (QED) is 0.856. The molecule has 1 aromatic rings. The molecule has 0 aromatic heterocycles. The Morgan fingerprint density at radius 2 is 2.10 bits per heavy atom. The molecule has 5 nitrogen and oxygen atoms in total. The zero-order valence-corrected chi connectivity index (χ0v) is 12.4. The molecule has 1 saturated heterocycles. The number of hydrogen-bond acceptors (Lipinski definition) is 3. The Balaban J connectivity index is 1.91. The smallest absolute Gasteiger partial charge is 0.239 e. The summed E-state index contributed by atoms with van der Waals surface area (Å²) in [7, 11) is 0. The molecule has 114 valence electrons. The van der Waals surface area contributed by atoms with Crippen LogP contribution < -0.4 is 11.1 Å². The van der Waals surface area contributed by atoms with Crippen LogP contribution in [0.3, 0.4) is 0 Å². The lowest BCUT2D eigenvalue weighted by Gasteiger charge is -2.34. The Morgan fingerprint density at radius 3 is 2.76 bits per heavy atom. The van der Waals surface area contributed by atoms with Gasteiger partial charge in [0, 0.05) is 26.1 Å². The first-order chi connectivity index (χ1) is 10.1. The molecule has 2 amide bonds. The van der Waals surface area contributed by atoms with E-state index in [4.69, 9.17) is 5.73 Å². The van der Waals surface area contributed by atoms with Crippen molar-refractivity contribution in [1.29, 1.82) is 0 Å². The molecule has 21 heavy (non-hydrogen) atoms. The summed E-state index contributed by atoms with van der Waals surface area (Å²) in [5.74, 6) is -0.0863. The van der Waals surface area contributed by atoms with Crippen molar-refractivity contribution >= 4 is 11.8 Å². The van der Waals surface area contributed by atoms with Gasteiger partial charge in [0.2, 0.25) is 11.8 Å². The van der Waals surface area contributed by atoms with Gasteiger partial charge in [0.25, 0.3) is 0 Å². The van der Waals surface area contributed by atoms with Crippen molar-refractivity contribution in [3.63, 3.8) is 0 Å². The third-order valence-electron chi connectivity index (χ3n) is 3.76. The van der Waals surface area contributed by atoms with Gasteiger partial charge in [-0.25, -0.2) is 0 Å². The predicted octanol–water partition coefficient (Wildman–Crippen LogP) is 0.684. The summed E-state index contributed by atoms with van der Waals surface area (Å²) in [5.41, 5.74) is 7.11. The van der Waals surface area contributed by atoms with Crippen molar-refractivity contribution in [2.24, 2.45) is 5.73 Å².